The summed E-state index contributed by atoms with van der Waals surface area (Å²) in [5, 5.41) is 78.9. The number of rotatable bonds is 10. The van der Waals surface area contributed by atoms with E-state index in [1.807, 2.05) is 0 Å². The third kappa shape index (κ3) is 6.58. The van der Waals surface area contributed by atoms with E-state index in [-0.39, 0.29) is 36.0 Å². The zero-order valence-electron chi connectivity index (χ0n) is 22.3. The fraction of sp³-hybridized carbons (Fsp3) is 0.226. The van der Waals surface area contributed by atoms with Crippen LogP contribution in [0.15, 0.2) is 42.5 Å². The number of aliphatic hydroxyl groups excluding tert-OH is 1. The summed E-state index contributed by atoms with van der Waals surface area (Å²) in [5.74, 6) is -4.61. The molecule has 0 heterocycles. The number of allylic oxidation sites excluding steroid dienone is 1. The number of carbonyl (C=O) groups excluding carboxylic acids is 1. The highest BCUT2D eigenvalue weighted by molar-refractivity contribution is 5.93. The second kappa shape index (κ2) is 12.6. The molecule has 1 aliphatic carbocycles. The Kier molecular flexibility index (Phi) is 8.92. The maximum atomic E-state index is 12.6. The summed E-state index contributed by atoms with van der Waals surface area (Å²) in [7, 11) is 0. The van der Waals surface area contributed by atoms with Crippen LogP contribution in [-0.4, -0.2) is 65.5 Å². The van der Waals surface area contributed by atoms with Gasteiger partial charge in [0.15, 0.2) is 34.5 Å². The third-order valence-electron chi connectivity index (χ3n) is 6.96. The number of carboxylic acids is 1. The number of esters is 1. The minimum absolute atomic E-state index is 0.0682. The Balaban J connectivity index is 1.64. The Morgan fingerprint density at radius 2 is 1.60 bits per heavy atom. The van der Waals surface area contributed by atoms with Crippen molar-refractivity contribution in [1.29, 1.82) is 0 Å². The number of phenols is 6. The molecule has 1 atom stereocenters. The summed E-state index contributed by atoms with van der Waals surface area (Å²) in [6, 6.07) is 7.82. The van der Waals surface area contributed by atoms with Crippen molar-refractivity contribution in [3.63, 3.8) is 0 Å². The Bertz CT molecular complexity index is 1590. The van der Waals surface area contributed by atoms with Crippen LogP contribution in [0, 0.1) is 0 Å². The van der Waals surface area contributed by atoms with Crippen molar-refractivity contribution in [1.82, 2.24) is 0 Å². The Morgan fingerprint density at radius 3 is 2.29 bits per heavy atom. The molecule has 0 aromatic heterocycles. The molecule has 42 heavy (non-hydrogen) atoms. The van der Waals surface area contributed by atoms with E-state index in [1.54, 1.807) is 6.08 Å². The molecular weight excluding hydrogens is 548 g/mol. The molecule has 0 fully saturated rings. The van der Waals surface area contributed by atoms with Crippen LogP contribution >= 0.6 is 0 Å². The largest absolute Gasteiger partial charge is 0.504 e. The van der Waals surface area contributed by atoms with Crippen LogP contribution in [0.1, 0.15) is 46.2 Å². The van der Waals surface area contributed by atoms with Crippen molar-refractivity contribution in [2.75, 3.05) is 6.61 Å². The predicted octanol–water partition coefficient (Wildman–Crippen LogP) is 3.58. The number of carbonyl (C=O) groups is 2. The average Bonchev–Trinajstić information content (AvgIpc) is 2.95. The number of aryl methyl sites for hydroxylation is 1. The summed E-state index contributed by atoms with van der Waals surface area (Å²) < 4.78 is 5.11. The van der Waals surface area contributed by atoms with Crippen molar-refractivity contribution in [2.45, 2.75) is 38.2 Å². The SMILES string of the molecule is O=C(C=Cc1cc(O)c(O)c2c1C=C(c1cc(O)c(O)cc1CCCO)CC2)OC(Cc1ccc(O)c(O)c1)C(=O)O. The highest BCUT2D eigenvalue weighted by Gasteiger charge is 2.24. The molecule has 8 N–H and O–H groups in total. The number of hydrogen-bond acceptors (Lipinski definition) is 10. The number of benzene rings is 3. The lowest BCUT2D eigenvalue weighted by molar-refractivity contribution is -0.160. The number of aromatic hydroxyl groups is 6. The minimum Gasteiger partial charge on any atom is -0.504 e. The molecule has 11 heteroatoms. The van der Waals surface area contributed by atoms with Crippen LogP contribution in [0.5, 0.6) is 34.5 Å². The quantitative estimate of drug-likeness (QED) is 0.0991. The smallest absolute Gasteiger partial charge is 0.345 e. The molecule has 1 unspecified atom stereocenters. The highest BCUT2D eigenvalue weighted by atomic mass is 16.6. The molecule has 0 bridgehead atoms. The normalized spacial score (nSPS) is 13.4. The monoisotopic (exact) mass is 578 g/mol. The molecule has 3 aromatic carbocycles. The lowest BCUT2D eigenvalue weighted by atomic mass is 9.83. The number of carboxylic acid groups (broad SMARTS) is 1. The van der Waals surface area contributed by atoms with Crippen LogP contribution in [0.2, 0.25) is 0 Å². The molecule has 220 valence electrons. The van der Waals surface area contributed by atoms with E-state index in [0.717, 1.165) is 17.7 Å². The fourth-order valence-corrected chi connectivity index (χ4v) is 4.85. The third-order valence-corrected chi connectivity index (χ3v) is 6.96. The topological polar surface area (TPSA) is 205 Å². The molecule has 0 spiro atoms. The average molecular weight is 579 g/mol. The number of ether oxygens (including phenoxy) is 1. The summed E-state index contributed by atoms with van der Waals surface area (Å²) >= 11 is 0. The zero-order chi connectivity index (χ0) is 30.6. The number of phenolic OH excluding ortho intramolecular Hbond substituents is 6. The summed E-state index contributed by atoms with van der Waals surface area (Å²) in [5.41, 5.74) is 3.60. The van der Waals surface area contributed by atoms with E-state index in [9.17, 15) is 50.4 Å². The van der Waals surface area contributed by atoms with Gasteiger partial charge in [-0.2, -0.15) is 0 Å². The number of aliphatic hydroxyl groups is 1. The van der Waals surface area contributed by atoms with Gasteiger partial charge in [-0.15, -0.1) is 0 Å². The van der Waals surface area contributed by atoms with Crippen molar-refractivity contribution in [3.05, 3.63) is 75.9 Å². The van der Waals surface area contributed by atoms with E-state index in [2.05, 4.69) is 0 Å². The van der Waals surface area contributed by atoms with E-state index in [4.69, 9.17) is 4.74 Å². The molecule has 0 amide bonds. The predicted molar refractivity (Wildman–Crippen MR) is 151 cm³/mol. The Morgan fingerprint density at radius 1 is 0.881 bits per heavy atom. The standard InChI is InChI=1S/C31H30O11/c32-9-1-2-17-13-25(35)26(36)15-21(17)18-4-6-20-22(12-18)19(14-27(37)30(20)39)5-8-29(38)42-28(31(40)41)11-16-3-7-23(33)24(34)10-16/h3,5,7-8,10,12-15,28,32-37,39H,1-2,4,6,9,11H2,(H,40,41). The highest BCUT2D eigenvalue weighted by Crippen LogP contribution is 2.43. The van der Waals surface area contributed by atoms with Gasteiger partial charge < -0.3 is 45.6 Å². The van der Waals surface area contributed by atoms with Gasteiger partial charge in [-0.05, 0) is 95.5 Å². The first-order chi connectivity index (χ1) is 20.0. The van der Waals surface area contributed by atoms with Crippen molar-refractivity contribution < 1.29 is 55.2 Å². The lowest BCUT2D eigenvalue weighted by Crippen LogP contribution is -2.28. The van der Waals surface area contributed by atoms with Crippen LogP contribution in [0.4, 0.5) is 0 Å². The van der Waals surface area contributed by atoms with Gasteiger partial charge in [0.05, 0.1) is 0 Å². The van der Waals surface area contributed by atoms with Crippen molar-refractivity contribution in [3.8, 4) is 34.5 Å². The molecule has 0 saturated heterocycles. The van der Waals surface area contributed by atoms with Crippen LogP contribution < -0.4 is 0 Å². The Hall–Kier alpha value is -5.16. The lowest BCUT2D eigenvalue weighted by Gasteiger charge is -2.22. The van der Waals surface area contributed by atoms with Gasteiger partial charge in [0.25, 0.3) is 0 Å². The number of hydrogen-bond donors (Lipinski definition) is 8. The molecule has 11 nitrogen and oxygen atoms in total. The Labute approximate surface area is 240 Å². The molecular formula is C31H30O11. The van der Waals surface area contributed by atoms with Gasteiger partial charge in [0, 0.05) is 24.7 Å². The maximum absolute atomic E-state index is 12.6. The van der Waals surface area contributed by atoms with Gasteiger partial charge in [-0.25, -0.2) is 9.59 Å². The zero-order valence-corrected chi connectivity index (χ0v) is 22.3. The first-order valence-electron chi connectivity index (χ1n) is 13.0. The van der Waals surface area contributed by atoms with Gasteiger partial charge in [0.1, 0.15) is 0 Å². The molecule has 3 aromatic rings. The molecule has 0 radical (unpaired) electrons. The summed E-state index contributed by atoms with van der Waals surface area (Å²) in [6.45, 7) is -0.0682. The maximum Gasteiger partial charge on any atom is 0.345 e. The van der Waals surface area contributed by atoms with Gasteiger partial charge in [-0.1, -0.05) is 12.1 Å². The second-order valence-corrected chi connectivity index (χ2v) is 9.84. The van der Waals surface area contributed by atoms with Crippen molar-refractivity contribution >= 4 is 29.7 Å². The van der Waals surface area contributed by atoms with Gasteiger partial charge >= 0.3 is 11.9 Å². The van der Waals surface area contributed by atoms with Crippen LogP contribution in [0.3, 0.4) is 0 Å². The minimum atomic E-state index is -1.60. The molecule has 4 rings (SSSR count). The van der Waals surface area contributed by atoms with Gasteiger partial charge in [-0.3, -0.25) is 0 Å². The second-order valence-electron chi connectivity index (χ2n) is 9.84. The van der Waals surface area contributed by atoms with Gasteiger partial charge in [0.2, 0.25) is 6.10 Å². The van der Waals surface area contributed by atoms with E-state index >= 15 is 0 Å². The molecule has 1 aliphatic rings. The molecule has 0 aliphatic heterocycles. The van der Waals surface area contributed by atoms with Crippen LogP contribution in [0.25, 0.3) is 17.7 Å². The molecule has 0 saturated carbocycles. The van der Waals surface area contributed by atoms with E-state index in [1.165, 1.54) is 36.4 Å². The number of fused-ring (bicyclic) bond motifs is 1. The summed E-state index contributed by atoms with van der Waals surface area (Å²) in [6.07, 6.45) is 3.72. The first-order valence-corrected chi connectivity index (χ1v) is 13.0. The summed E-state index contributed by atoms with van der Waals surface area (Å²) in [4.78, 5) is 24.3. The van der Waals surface area contributed by atoms with E-state index < -0.39 is 29.5 Å². The number of aliphatic carboxylic acids is 1. The first kappa shape index (κ1) is 29.8. The van der Waals surface area contributed by atoms with Crippen molar-refractivity contribution in [2.24, 2.45) is 0 Å². The van der Waals surface area contributed by atoms with E-state index in [0.29, 0.717) is 59.1 Å². The van der Waals surface area contributed by atoms with Crippen LogP contribution in [-0.2, 0) is 33.6 Å². The fourth-order valence-electron chi connectivity index (χ4n) is 4.85.